The molecule has 1 aromatic carbocycles. The molecular formula is C15H24N2S. The molecule has 100 valence electrons. The van der Waals surface area contributed by atoms with Gasteiger partial charge in [0.1, 0.15) is 0 Å². The molecule has 0 bridgehead atoms. The van der Waals surface area contributed by atoms with Gasteiger partial charge in [0.15, 0.2) is 0 Å². The lowest BCUT2D eigenvalue weighted by molar-refractivity contribution is 0.422. The van der Waals surface area contributed by atoms with E-state index in [1.54, 1.807) is 11.8 Å². The fourth-order valence-corrected chi connectivity index (χ4v) is 2.74. The molecule has 0 aliphatic heterocycles. The number of nitrogens with two attached hydrogens (primary N) is 1. The Bertz CT molecular complexity index is 359. The Morgan fingerprint density at radius 3 is 2.50 bits per heavy atom. The van der Waals surface area contributed by atoms with Crippen molar-refractivity contribution in [1.29, 1.82) is 0 Å². The van der Waals surface area contributed by atoms with Gasteiger partial charge in [-0.25, -0.2) is 0 Å². The normalized spacial score (nSPS) is 18.6. The molecule has 0 radical (unpaired) electrons. The van der Waals surface area contributed by atoms with Gasteiger partial charge < -0.3 is 11.1 Å². The van der Waals surface area contributed by atoms with E-state index in [9.17, 15) is 0 Å². The summed E-state index contributed by atoms with van der Waals surface area (Å²) < 4.78 is 0. The van der Waals surface area contributed by atoms with Crippen molar-refractivity contribution in [1.82, 2.24) is 5.32 Å². The van der Waals surface area contributed by atoms with E-state index in [1.165, 1.54) is 23.3 Å². The van der Waals surface area contributed by atoms with Crippen LogP contribution in [-0.4, -0.2) is 19.3 Å². The Balaban J connectivity index is 1.89. The molecule has 1 fully saturated rings. The minimum atomic E-state index is 0.294. The second-order valence-electron chi connectivity index (χ2n) is 5.28. The summed E-state index contributed by atoms with van der Waals surface area (Å²) in [7, 11) is 0. The van der Waals surface area contributed by atoms with Crippen molar-refractivity contribution in [3.05, 3.63) is 29.8 Å². The van der Waals surface area contributed by atoms with Gasteiger partial charge in [0, 0.05) is 17.5 Å². The first-order chi connectivity index (χ1) is 8.74. The quantitative estimate of drug-likeness (QED) is 0.743. The summed E-state index contributed by atoms with van der Waals surface area (Å²) in [6.07, 6.45) is 4.93. The van der Waals surface area contributed by atoms with Crippen LogP contribution in [0.2, 0.25) is 0 Å². The van der Waals surface area contributed by atoms with Gasteiger partial charge in [-0.15, -0.1) is 11.8 Å². The molecule has 2 atom stereocenters. The zero-order valence-corrected chi connectivity index (χ0v) is 12.2. The zero-order valence-electron chi connectivity index (χ0n) is 11.4. The van der Waals surface area contributed by atoms with Gasteiger partial charge in [0.05, 0.1) is 0 Å². The zero-order chi connectivity index (χ0) is 13.0. The Labute approximate surface area is 115 Å². The Morgan fingerprint density at radius 2 is 2.00 bits per heavy atom. The van der Waals surface area contributed by atoms with Crippen molar-refractivity contribution in [2.24, 2.45) is 17.6 Å². The van der Waals surface area contributed by atoms with Gasteiger partial charge in [0.2, 0.25) is 0 Å². The van der Waals surface area contributed by atoms with E-state index in [-0.39, 0.29) is 0 Å². The molecule has 0 heterocycles. The molecule has 0 saturated heterocycles. The maximum absolute atomic E-state index is 5.89. The molecule has 2 rings (SSSR count). The fourth-order valence-electron chi connectivity index (χ4n) is 2.33. The summed E-state index contributed by atoms with van der Waals surface area (Å²) in [6.45, 7) is 4.09. The highest BCUT2D eigenvalue weighted by atomic mass is 32.2. The topological polar surface area (TPSA) is 38.0 Å². The molecule has 0 spiro atoms. The van der Waals surface area contributed by atoms with E-state index in [1.807, 2.05) is 0 Å². The molecule has 1 aromatic rings. The van der Waals surface area contributed by atoms with Crippen LogP contribution in [0.4, 0.5) is 0 Å². The van der Waals surface area contributed by atoms with Gasteiger partial charge in [-0.2, -0.15) is 0 Å². The molecule has 3 heteroatoms. The number of rotatable bonds is 7. The number of hydrogen-bond acceptors (Lipinski definition) is 3. The highest BCUT2D eigenvalue weighted by Crippen LogP contribution is 2.36. The predicted octanol–water partition coefficient (Wildman–Crippen LogP) is 3.04. The minimum absolute atomic E-state index is 0.294. The standard InChI is InChI=1S/C15H24N2S/c1-11(12-3-4-12)10-17-15(9-16)13-5-7-14(18-2)8-6-13/h5-8,11-12,15,17H,3-4,9-10,16H2,1-2H3. The highest BCUT2D eigenvalue weighted by molar-refractivity contribution is 7.98. The van der Waals surface area contributed by atoms with Gasteiger partial charge in [0.25, 0.3) is 0 Å². The maximum Gasteiger partial charge on any atom is 0.0444 e. The van der Waals surface area contributed by atoms with Crippen LogP contribution in [0.1, 0.15) is 31.4 Å². The average molecular weight is 264 g/mol. The Morgan fingerprint density at radius 1 is 1.33 bits per heavy atom. The van der Waals surface area contributed by atoms with E-state index < -0.39 is 0 Å². The van der Waals surface area contributed by atoms with Crippen LogP contribution in [0.25, 0.3) is 0 Å². The molecule has 0 aromatic heterocycles. The second-order valence-corrected chi connectivity index (χ2v) is 6.16. The lowest BCUT2D eigenvalue weighted by Gasteiger charge is -2.20. The van der Waals surface area contributed by atoms with Crippen LogP contribution < -0.4 is 11.1 Å². The number of thioether (sulfide) groups is 1. The number of benzene rings is 1. The fraction of sp³-hybridized carbons (Fsp3) is 0.600. The highest BCUT2D eigenvalue weighted by Gasteiger charge is 2.27. The molecule has 0 amide bonds. The maximum atomic E-state index is 5.89. The molecule has 3 N–H and O–H groups in total. The second kappa shape index (κ2) is 6.60. The summed E-state index contributed by atoms with van der Waals surface area (Å²) in [5.41, 5.74) is 7.19. The smallest absolute Gasteiger partial charge is 0.0444 e. The van der Waals surface area contributed by atoms with Crippen molar-refractivity contribution < 1.29 is 0 Å². The lowest BCUT2D eigenvalue weighted by atomic mass is 10.0. The molecule has 2 unspecified atom stereocenters. The number of nitrogens with one attached hydrogen (secondary N) is 1. The molecule has 1 aliphatic carbocycles. The van der Waals surface area contributed by atoms with Crippen LogP contribution >= 0.6 is 11.8 Å². The van der Waals surface area contributed by atoms with Crippen LogP contribution in [0, 0.1) is 11.8 Å². The van der Waals surface area contributed by atoms with E-state index in [2.05, 4.69) is 42.8 Å². The molecule has 18 heavy (non-hydrogen) atoms. The molecule has 1 saturated carbocycles. The minimum Gasteiger partial charge on any atom is -0.329 e. The average Bonchev–Trinajstić information content (AvgIpc) is 3.24. The Hall–Kier alpha value is -0.510. The first kappa shape index (κ1) is 13.9. The molecule has 1 aliphatic rings. The first-order valence-corrected chi connectivity index (χ1v) is 8.04. The van der Waals surface area contributed by atoms with E-state index in [4.69, 9.17) is 5.73 Å². The largest absolute Gasteiger partial charge is 0.329 e. The summed E-state index contributed by atoms with van der Waals surface area (Å²) in [5.74, 6) is 1.74. The van der Waals surface area contributed by atoms with Gasteiger partial charge >= 0.3 is 0 Å². The van der Waals surface area contributed by atoms with Crippen LogP contribution in [0.3, 0.4) is 0 Å². The van der Waals surface area contributed by atoms with Crippen LogP contribution in [0.5, 0.6) is 0 Å². The van der Waals surface area contributed by atoms with Crippen LogP contribution in [-0.2, 0) is 0 Å². The van der Waals surface area contributed by atoms with Gasteiger partial charge in [-0.3, -0.25) is 0 Å². The number of hydrogen-bond donors (Lipinski definition) is 2. The van der Waals surface area contributed by atoms with Crippen molar-refractivity contribution >= 4 is 11.8 Å². The van der Waals surface area contributed by atoms with Crippen LogP contribution in [0.15, 0.2) is 29.2 Å². The first-order valence-electron chi connectivity index (χ1n) is 6.82. The third-order valence-electron chi connectivity index (χ3n) is 3.87. The third-order valence-corrected chi connectivity index (χ3v) is 4.61. The molecule has 2 nitrogen and oxygen atoms in total. The van der Waals surface area contributed by atoms with Crippen molar-refractivity contribution in [3.8, 4) is 0 Å². The third kappa shape index (κ3) is 3.74. The summed E-state index contributed by atoms with van der Waals surface area (Å²) >= 11 is 1.78. The van der Waals surface area contributed by atoms with Crippen molar-refractivity contribution in [2.75, 3.05) is 19.3 Å². The van der Waals surface area contributed by atoms with E-state index in [0.717, 1.165) is 18.4 Å². The van der Waals surface area contributed by atoms with Gasteiger partial charge in [-0.1, -0.05) is 19.1 Å². The van der Waals surface area contributed by atoms with E-state index >= 15 is 0 Å². The monoisotopic (exact) mass is 264 g/mol. The lowest BCUT2D eigenvalue weighted by Crippen LogP contribution is -2.32. The summed E-state index contributed by atoms with van der Waals surface area (Å²) in [5, 5.41) is 3.61. The molecular weight excluding hydrogens is 240 g/mol. The predicted molar refractivity (Wildman–Crippen MR) is 79.9 cm³/mol. The van der Waals surface area contributed by atoms with Crippen molar-refractivity contribution in [2.45, 2.75) is 30.7 Å². The summed E-state index contributed by atoms with van der Waals surface area (Å²) in [6, 6.07) is 9.03. The van der Waals surface area contributed by atoms with Crippen molar-refractivity contribution in [3.63, 3.8) is 0 Å². The Kier molecular flexibility index (Phi) is 5.10. The van der Waals surface area contributed by atoms with E-state index in [0.29, 0.717) is 12.6 Å². The SMILES string of the molecule is CSc1ccc(C(CN)NCC(C)C2CC2)cc1. The summed E-state index contributed by atoms with van der Waals surface area (Å²) in [4.78, 5) is 1.31. The van der Waals surface area contributed by atoms with Gasteiger partial charge in [-0.05, 0) is 55.2 Å².